The lowest BCUT2D eigenvalue weighted by atomic mass is 10.1. The Kier molecular flexibility index (Phi) is 4.92. The van der Waals surface area contributed by atoms with E-state index >= 15 is 0 Å². The molecule has 0 aromatic carbocycles. The molecule has 0 saturated carbocycles. The van der Waals surface area contributed by atoms with Crippen LogP contribution in [0.15, 0.2) is 49.1 Å². The van der Waals surface area contributed by atoms with E-state index in [4.69, 9.17) is 19.6 Å². The van der Waals surface area contributed by atoms with E-state index in [-0.39, 0.29) is 12.6 Å². The van der Waals surface area contributed by atoms with Gasteiger partial charge in [-0.05, 0) is 11.1 Å². The molecule has 0 atom stereocenters. The first-order valence-electron chi connectivity index (χ1n) is 6.20. The van der Waals surface area contributed by atoms with Crippen molar-refractivity contribution in [2.45, 2.75) is 12.6 Å². The molecule has 0 amide bonds. The summed E-state index contributed by atoms with van der Waals surface area (Å²) in [6.45, 7) is 0. The zero-order valence-corrected chi connectivity index (χ0v) is 13.2. The molecule has 0 aliphatic carbocycles. The zero-order valence-electron chi connectivity index (χ0n) is 11.4. The summed E-state index contributed by atoms with van der Waals surface area (Å²) in [4.78, 5) is 35.6. The quantitative estimate of drug-likeness (QED) is 0.453. The second-order valence-electron chi connectivity index (χ2n) is 4.81. The van der Waals surface area contributed by atoms with Crippen LogP contribution in [0.4, 0.5) is 0 Å². The Balaban J connectivity index is 2.15. The lowest BCUT2D eigenvalue weighted by Crippen LogP contribution is -2.32. The highest BCUT2D eigenvalue weighted by atomic mass is 31.2. The summed E-state index contributed by atoms with van der Waals surface area (Å²) in [5.41, 5.74) is 1.65. The van der Waals surface area contributed by atoms with Crippen LogP contribution in [-0.2, 0) is 21.7 Å². The lowest BCUT2D eigenvalue weighted by Gasteiger charge is -2.03. The fourth-order valence-electron chi connectivity index (χ4n) is 1.91. The van der Waals surface area contributed by atoms with Crippen LogP contribution in [0.3, 0.4) is 0 Å². The second kappa shape index (κ2) is 6.38. The summed E-state index contributed by atoms with van der Waals surface area (Å²) in [5, 5.41) is 0. The molecule has 10 heteroatoms. The van der Waals surface area contributed by atoms with Crippen molar-refractivity contribution in [3.8, 4) is 11.1 Å². The fourth-order valence-corrected chi connectivity index (χ4v) is 3.14. The first-order chi connectivity index (χ1) is 10.1. The Labute approximate surface area is 126 Å². The predicted octanol–water partition coefficient (Wildman–Crippen LogP) is 0.199. The minimum Gasteiger partial charge on any atom is -0.320 e. The van der Waals surface area contributed by atoms with Gasteiger partial charge in [0.05, 0.1) is 0 Å². The van der Waals surface area contributed by atoms with Gasteiger partial charge in [0.1, 0.15) is 0 Å². The number of aromatic nitrogens is 2. The number of hydrogen-bond acceptors (Lipinski definition) is 2. The van der Waals surface area contributed by atoms with Gasteiger partial charge in [-0.15, -0.1) is 0 Å². The van der Waals surface area contributed by atoms with Gasteiger partial charge in [-0.1, -0.05) is 0 Å². The smallest absolute Gasteiger partial charge is 0.320 e. The van der Waals surface area contributed by atoms with Crippen molar-refractivity contribution < 1.29 is 37.8 Å². The minimum absolute atomic E-state index is 0.385. The Bertz CT molecular complexity index is 670. The van der Waals surface area contributed by atoms with E-state index in [1.54, 1.807) is 49.1 Å². The van der Waals surface area contributed by atoms with E-state index < -0.39 is 15.2 Å². The Morgan fingerprint density at radius 1 is 0.682 bits per heavy atom. The lowest BCUT2D eigenvalue weighted by molar-refractivity contribution is -0.680. The summed E-state index contributed by atoms with van der Waals surface area (Å²) in [7, 11) is -8.23. The molecule has 0 aliphatic rings. The van der Waals surface area contributed by atoms with Crippen LogP contribution in [0.25, 0.3) is 11.1 Å². The number of pyridine rings is 2. The van der Waals surface area contributed by atoms with Gasteiger partial charge in [0.2, 0.25) is 12.6 Å². The average molecular weight is 346 g/mol. The summed E-state index contributed by atoms with van der Waals surface area (Å²) in [6, 6.07) is 6.83. The predicted molar refractivity (Wildman–Crippen MR) is 76.4 cm³/mol. The molecule has 2 rings (SSSR count). The Morgan fingerprint density at radius 2 is 0.955 bits per heavy atom. The van der Waals surface area contributed by atoms with E-state index in [0.29, 0.717) is 0 Å². The third-order valence-corrected chi connectivity index (χ3v) is 4.20. The maximum absolute atomic E-state index is 10.9. The van der Waals surface area contributed by atoms with Gasteiger partial charge >= 0.3 is 15.2 Å². The Hall–Kier alpha value is -1.40. The van der Waals surface area contributed by atoms with Gasteiger partial charge in [0.15, 0.2) is 24.8 Å². The molecule has 2 aromatic rings. The minimum atomic E-state index is -4.12. The van der Waals surface area contributed by atoms with Crippen molar-refractivity contribution in [3.63, 3.8) is 0 Å². The van der Waals surface area contributed by atoms with Crippen molar-refractivity contribution >= 4 is 15.2 Å². The van der Waals surface area contributed by atoms with Gasteiger partial charge in [-0.2, -0.15) is 9.13 Å². The Morgan fingerprint density at radius 3 is 1.18 bits per heavy atom. The van der Waals surface area contributed by atoms with Crippen LogP contribution < -0.4 is 9.13 Å². The molecule has 4 N–H and O–H groups in total. The van der Waals surface area contributed by atoms with Crippen molar-refractivity contribution in [1.82, 2.24) is 0 Å². The molecule has 2 heterocycles. The first kappa shape index (κ1) is 17.0. The molecule has 0 saturated heterocycles. The van der Waals surface area contributed by atoms with Crippen LogP contribution in [-0.4, -0.2) is 19.6 Å². The molecule has 0 bridgehead atoms. The highest BCUT2D eigenvalue weighted by Crippen LogP contribution is 2.34. The molecule has 0 unspecified atom stereocenters. The molecule has 0 spiro atoms. The fraction of sp³-hybridized carbons (Fsp3) is 0.167. The summed E-state index contributed by atoms with van der Waals surface area (Å²) in [6.07, 6.45) is 5.47. The standard InChI is InChI=1S/C12H14N2O6P2/c15-21(16,17)9-13-5-1-11(2-6-13)12-3-7-14(8-4-12)10-22(18,19)20/h1-8H,9-10H2,(H2-2,15,16,17,18,19,20)/p+2. The van der Waals surface area contributed by atoms with E-state index in [2.05, 4.69) is 0 Å². The van der Waals surface area contributed by atoms with Gasteiger partial charge in [0, 0.05) is 24.3 Å². The number of rotatable bonds is 5. The van der Waals surface area contributed by atoms with E-state index in [9.17, 15) is 9.13 Å². The first-order valence-corrected chi connectivity index (χ1v) is 9.80. The maximum Gasteiger partial charge on any atom is 0.390 e. The third kappa shape index (κ3) is 5.42. The van der Waals surface area contributed by atoms with Gasteiger partial charge in [-0.3, -0.25) is 9.13 Å². The molecular formula is C12H16N2O6P2+2. The topological polar surface area (TPSA) is 123 Å². The molecule has 0 radical (unpaired) electrons. The molecule has 118 valence electrons. The molecule has 2 aromatic heterocycles. The number of hydrogen-bond donors (Lipinski definition) is 4. The average Bonchev–Trinajstić information content (AvgIpc) is 2.37. The molecule has 22 heavy (non-hydrogen) atoms. The largest absolute Gasteiger partial charge is 0.390 e. The monoisotopic (exact) mass is 346 g/mol. The van der Waals surface area contributed by atoms with Crippen molar-refractivity contribution in [2.75, 3.05) is 0 Å². The molecule has 0 fully saturated rings. The van der Waals surface area contributed by atoms with Crippen molar-refractivity contribution in [3.05, 3.63) is 49.1 Å². The highest BCUT2D eigenvalue weighted by molar-refractivity contribution is 7.50. The van der Waals surface area contributed by atoms with Crippen molar-refractivity contribution in [1.29, 1.82) is 0 Å². The van der Waals surface area contributed by atoms with Crippen LogP contribution in [0.5, 0.6) is 0 Å². The van der Waals surface area contributed by atoms with Gasteiger partial charge < -0.3 is 19.6 Å². The highest BCUT2D eigenvalue weighted by Gasteiger charge is 2.21. The molecule has 0 aliphatic heterocycles. The SMILES string of the molecule is O=P(O)(O)C[n+]1ccc(-c2cc[n+](CP(=O)(O)O)cc2)cc1. The van der Waals surface area contributed by atoms with Crippen LogP contribution in [0.1, 0.15) is 0 Å². The van der Waals surface area contributed by atoms with E-state index in [1.165, 1.54) is 9.13 Å². The van der Waals surface area contributed by atoms with Crippen LogP contribution >= 0.6 is 15.2 Å². The van der Waals surface area contributed by atoms with Gasteiger partial charge in [0.25, 0.3) is 0 Å². The maximum atomic E-state index is 10.9. The van der Waals surface area contributed by atoms with Crippen LogP contribution in [0.2, 0.25) is 0 Å². The van der Waals surface area contributed by atoms with E-state index in [0.717, 1.165) is 11.1 Å². The van der Waals surface area contributed by atoms with Crippen molar-refractivity contribution in [2.24, 2.45) is 0 Å². The number of nitrogens with zero attached hydrogens (tertiary/aromatic N) is 2. The third-order valence-electron chi connectivity index (χ3n) is 2.81. The second-order valence-corrected chi connectivity index (χ2v) is 8.04. The van der Waals surface area contributed by atoms with E-state index in [1.807, 2.05) is 0 Å². The summed E-state index contributed by atoms with van der Waals surface area (Å²) in [5.74, 6) is 0. The van der Waals surface area contributed by atoms with Gasteiger partial charge in [-0.25, -0.2) is 0 Å². The normalized spacial score (nSPS) is 12.4. The summed E-state index contributed by atoms with van der Waals surface area (Å²) >= 11 is 0. The van der Waals surface area contributed by atoms with Crippen LogP contribution in [0, 0.1) is 0 Å². The summed E-state index contributed by atoms with van der Waals surface area (Å²) < 4.78 is 24.6. The molecule has 8 nitrogen and oxygen atoms in total. The zero-order chi connectivity index (χ0) is 16.4. The molecular weight excluding hydrogens is 330 g/mol.